The van der Waals surface area contributed by atoms with Crippen molar-refractivity contribution in [2.75, 3.05) is 19.0 Å². The number of rotatable bonds is 14. The van der Waals surface area contributed by atoms with Gasteiger partial charge in [-0.25, -0.2) is 0 Å². The Morgan fingerprint density at radius 2 is 1.40 bits per heavy atom. The maximum atomic E-state index is 10.7. The van der Waals surface area contributed by atoms with Crippen LogP contribution in [0.2, 0.25) is 0 Å². The zero-order chi connectivity index (χ0) is 15.3. The van der Waals surface area contributed by atoms with Crippen LogP contribution in [0.4, 0.5) is 0 Å². The Hall–Kier alpha value is -0.460. The summed E-state index contributed by atoms with van der Waals surface area (Å²) < 4.78 is 34.7. The molecule has 0 amide bonds. The Morgan fingerprint density at radius 3 is 1.95 bits per heavy atom. The van der Waals surface area contributed by atoms with E-state index in [1.165, 1.54) is 19.3 Å². The van der Waals surface area contributed by atoms with Crippen molar-refractivity contribution in [2.24, 2.45) is 0 Å². The van der Waals surface area contributed by atoms with Crippen LogP contribution in [0.3, 0.4) is 0 Å². The van der Waals surface area contributed by atoms with E-state index in [4.69, 9.17) is 9.29 Å². The van der Waals surface area contributed by atoms with Gasteiger partial charge in [0.1, 0.15) is 5.78 Å². The van der Waals surface area contributed by atoms with Crippen molar-refractivity contribution in [1.82, 2.24) is 0 Å². The van der Waals surface area contributed by atoms with Crippen LogP contribution in [0.5, 0.6) is 0 Å². The first-order valence-electron chi connectivity index (χ1n) is 7.44. The molecule has 1 N–H and O–H groups in total. The summed E-state index contributed by atoms with van der Waals surface area (Å²) in [7, 11) is -3.84. The number of ketones is 1. The molecule has 20 heavy (non-hydrogen) atoms. The van der Waals surface area contributed by atoms with Crippen LogP contribution < -0.4 is 0 Å². The lowest BCUT2D eigenvalue weighted by Crippen LogP contribution is -2.07. The molecule has 0 unspecified atom stereocenters. The molecule has 0 fully saturated rings. The minimum Gasteiger partial charge on any atom is -0.381 e. The number of hydrogen-bond acceptors (Lipinski definition) is 4. The fourth-order valence-corrected chi connectivity index (χ4v) is 2.39. The number of carbonyl (C=O) groups excluding carboxylic acids is 1. The molecule has 0 aromatic carbocycles. The molecular weight excluding hydrogens is 280 g/mol. The van der Waals surface area contributed by atoms with Crippen LogP contribution in [0.25, 0.3) is 0 Å². The number of hydrogen-bond donors (Lipinski definition) is 1. The Kier molecular flexibility index (Phi) is 12.0. The van der Waals surface area contributed by atoms with Crippen molar-refractivity contribution in [1.29, 1.82) is 0 Å². The summed E-state index contributed by atoms with van der Waals surface area (Å²) in [4.78, 5) is 10.7. The van der Waals surface area contributed by atoms with Gasteiger partial charge in [0.05, 0.1) is 5.75 Å². The summed E-state index contributed by atoms with van der Waals surface area (Å²) in [5, 5.41) is 0. The molecule has 0 aliphatic carbocycles. The number of unbranched alkanes of at least 4 members (excludes halogenated alkanes) is 6. The van der Waals surface area contributed by atoms with Crippen LogP contribution >= 0.6 is 0 Å². The summed E-state index contributed by atoms with van der Waals surface area (Å²) in [6.07, 6.45) is 8.84. The van der Waals surface area contributed by atoms with Gasteiger partial charge in [-0.1, -0.05) is 32.1 Å². The first kappa shape index (κ1) is 19.5. The monoisotopic (exact) mass is 308 g/mol. The molecule has 6 heteroatoms. The summed E-state index contributed by atoms with van der Waals surface area (Å²) >= 11 is 0. The van der Waals surface area contributed by atoms with Gasteiger partial charge in [0.25, 0.3) is 10.1 Å². The van der Waals surface area contributed by atoms with Crippen LogP contribution in [0.15, 0.2) is 0 Å². The third-order valence-electron chi connectivity index (χ3n) is 3.01. The van der Waals surface area contributed by atoms with E-state index in [1.807, 2.05) is 0 Å². The van der Waals surface area contributed by atoms with Crippen molar-refractivity contribution in [2.45, 2.75) is 64.7 Å². The lowest BCUT2D eigenvalue weighted by Gasteiger charge is -2.04. The smallest absolute Gasteiger partial charge is 0.264 e. The fourth-order valence-electron chi connectivity index (χ4n) is 1.91. The lowest BCUT2D eigenvalue weighted by molar-refractivity contribution is -0.117. The lowest BCUT2D eigenvalue weighted by atomic mass is 10.1. The SMILES string of the molecule is CC(=O)CCCCCCCCCOCCCS(=O)(=O)O. The molecule has 0 saturated carbocycles. The fraction of sp³-hybridized carbons (Fsp3) is 0.929. The highest BCUT2D eigenvalue weighted by atomic mass is 32.2. The number of ether oxygens (including phenoxy) is 1. The molecule has 0 aromatic rings. The number of carbonyl (C=O) groups is 1. The van der Waals surface area contributed by atoms with E-state index in [1.54, 1.807) is 6.92 Å². The van der Waals surface area contributed by atoms with Gasteiger partial charge in [-0.15, -0.1) is 0 Å². The molecule has 0 bridgehead atoms. The molecule has 0 aliphatic rings. The normalized spacial score (nSPS) is 11.7. The highest BCUT2D eigenvalue weighted by molar-refractivity contribution is 7.85. The van der Waals surface area contributed by atoms with Crippen molar-refractivity contribution < 1.29 is 22.5 Å². The van der Waals surface area contributed by atoms with E-state index in [9.17, 15) is 13.2 Å². The first-order chi connectivity index (χ1) is 9.42. The molecular formula is C14H28O5S. The molecule has 0 aliphatic heterocycles. The second-order valence-corrected chi connectivity index (χ2v) is 6.75. The quantitative estimate of drug-likeness (QED) is 0.394. The maximum Gasteiger partial charge on any atom is 0.264 e. The standard InChI is InChI=1S/C14H28O5S/c1-14(15)10-7-5-3-2-4-6-8-11-19-12-9-13-20(16,17)18/h2-13H2,1H3,(H,16,17,18). The summed E-state index contributed by atoms with van der Waals surface area (Å²) in [6.45, 7) is 2.66. The van der Waals surface area contributed by atoms with E-state index in [2.05, 4.69) is 0 Å². The van der Waals surface area contributed by atoms with Crippen LogP contribution in [-0.2, 0) is 19.6 Å². The Balaban J connectivity index is 3.08. The van der Waals surface area contributed by atoms with Gasteiger partial charge >= 0.3 is 0 Å². The van der Waals surface area contributed by atoms with Gasteiger partial charge in [-0.05, 0) is 26.2 Å². The van der Waals surface area contributed by atoms with Gasteiger partial charge in [0.15, 0.2) is 0 Å². The molecule has 120 valence electrons. The second kappa shape index (κ2) is 12.3. The molecule has 0 rings (SSSR count). The first-order valence-corrected chi connectivity index (χ1v) is 9.05. The van der Waals surface area contributed by atoms with Gasteiger partial charge in [-0.2, -0.15) is 8.42 Å². The van der Waals surface area contributed by atoms with Crippen molar-refractivity contribution in [3.8, 4) is 0 Å². The summed E-state index contributed by atoms with van der Waals surface area (Å²) in [6, 6.07) is 0. The van der Waals surface area contributed by atoms with Crippen LogP contribution in [-0.4, -0.2) is 37.7 Å². The molecule has 5 nitrogen and oxygen atoms in total. The molecule has 0 heterocycles. The third kappa shape index (κ3) is 17.5. The van der Waals surface area contributed by atoms with Crippen molar-refractivity contribution >= 4 is 15.9 Å². The Morgan fingerprint density at radius 1 is 0.900 bits per heavy atom. The highest BCUT2D eigenvalue weighted by Crippen LogP contribution is 2.08. The Bertz CT molecular complexity index is 337. The highest BCUT2D eigenvalue weighted by Gasteiger charge is 2.02. The minimum absolute atomic E-state index is 0.229. The summed E-state index contributed by atoms with van der Waals surface area (Å²) in [5.74, 6) is 0.0453. The zero-order valence-corrected chi connectivity index (χ0v) is 13.3. The summed E-state index contributed by atoms with van der Waals surface area (Å²) in [5.41, 5.74) is 0. The van der Waals surface area contributed by atoms with Gasteiger partial charge in [0, 0.05) is 19.6 Å². The molecule has 0 atom stereocenters. The third-order valence-corrected chi connectivity index (χ3v) is 3.81. The van der Waals surface area contributed by atoms with E-state index in [-0.39, 0.29) is 11.5 Å². The van der Waals surface area contributed by atoms with Crippen LogP contribution in [0, 0.1) is 0 Å². The number of Topliss-reactive ketones (excluding diaryl/α,β-unsaturated/α-hetero) is 1. The van der Waals surface area contributed by atoms with Crippen molar-refractivity contribution in [3.05, 3.63) is 0 Å². The second-order valence-electron chi connectivity index (χ2n) is 5.18. The largest absolute Gasteiger partial charge is 0.381 e. The predicted octanol–water partition coefficient (Wildman–Crippen LogP) is 2.99. The average Bonchev–Trinajstić information content (AvgIpc) is 2.33. The van der Waals surface area contributed by atoms with Crippen LogP contribution in [0.1, 0.15) is 64.7 Å². The van der Waals surface area contributed by atoms with Gasteiger partial charge in [-0.3, -0.25) is 4.55 Å². The molecule has 0 radical (unpaired) electrons. The average molecular weight is 308 g/mol. The van der Waals surface area contributed by atoms with E-state index < -0.39 is 10.1 Å². The molecule has 0 aromatic heterocycles. The zero-order valence-electron chi connectivity index (χ0n) is 12.5. The van der Waals surface area contributed by atoms with Gasteiger partial charge in [0.2, 0.25) is 0 Å². The topological polar surface area (TPSA) is 80.7 Å². The van der Waals surface area contributed by atoms with E-state index in [0.717, 1.165) is 25.7 Å². The van der Waals surface area contributed by atoms with Gasteiger partial charge < -0.3 is 9.53 Å². The predicted molar refractivity (Wildman–Crippen MR) is 79.5 cm³/mol. The Labute approximate surface area is 122 Å². The van der Waals surface area contributed by atoms with Crippen molar-refractivity contribution in [3.63, 3.8) is 0 Å². The molecule has 0 saturated heterocycles. The maximum absolute atomic E-state index is 10.7. The van der Waals surface area contributed by atoms with E-state index >= 15 is 0 Å². The minimum atomic E-state index is -3.84. The molecule has 0 spiro atoms. The van der Waals surface area contributed by atoms with E-state index in [0.29, 0.717) is 26.1 Å².